The molecule has 0 fully saturated rings. The number of carboxylic acid groups (broad SMARTS) is 1. The van der Waals surface area contributed by atoms with Crippen molar-refractivity contribution in [2.24, 2.45) is 0 Å². The molecule has 0 heterocycles. The molecule has 5 nitrogen and oxygen atoms in total. The van der Waals surface area contributed by atoms with Gasteiger partial charge in [-0.1, -0.05) is 6.07 Å². The van der Waals surface area contributed by atoms with Gasteiger partial charge in [0.05, 0.1) is 6.61 Å². The lowest BCUT2D eigenvalue weighted by Crippen LogP contribution is -2.04. The topological polar surface area (TPSA) is 76.0 Å². The van der Waals surface area contributed by atoms with Crippen LogP contribution in [-0.4, -0.2) is 23.0 Å². The fraction of sp³-hybridized carbons (Fsp3) is 0.300. The third-order valence-corrected chi connectivity index (χ3v) is 1.78. The third kappa shape index (κ3) is 2.52. The molecule has 5 heteroatoms. The minimum Gasteiger partial charge on any atom is -0.502 e. The van der Waals surface area contributed by atoms with Crippen molar-refractivity contribution in [2.45, 2.75) is 13.8 Å². The van der Waals surface area contributed by atoms with Gasteiger partial charge in [-0.05, 0) is 25.5 Å². The Morgan fingerprint density at radius 2 is 2.13 bits per heavy atom. The van der Waals surface area contributed by atoms with E-state index in [-0.39, 0.29) is 17.2 Å². The summed E-state index contributed by atoms with van der Waals surface area (Å²) in [6.07, 6.45) is -1.48. The zero-order valence-electron chi connectivity index (χ0n) is 8.48. The molecule has 0 aromatic heterocycles. The number of hydrogen-bond donors (Lipinski definition) is 2. The van der Waals surface area contributed by atoms with E-state index in [2.05, 4.69) is 4.74 Å². The predicted octanol–water partition coefficient (Wildman–Crippen LogP) is 2.16. The standard InChI is InChI=1S/C10H12O5/c1-3-14-9-6(2)4-5-7(8(9)11)15-10(12)13/h4-5,11H,3H2,1-2H3,(H,12,13). The molecular formula is C10H12O5. The highest BCUT2D eigenvalue weighted by molar-refractivity contribution is 5.65. The molecule has 0 bridgehead atoms. The Bertz CT molecular complexity index is 372. The number of phenols is 1. The first kappa shape index (κ1) is 11.2. The van der Waals surface area contributed by atoms with Crippen molar-refractivity contribution in [1.82, 2.24) is 0 Å². The molecule has 0 amide bonds. The summed E-state index contributed by atoms with van der Waals surface area (Å²) in [6, 6.07) is 2.99. The van der Waals surface area contributed by atoms with E-state index >= 15 is 0 Å². The average molecular weight is 212 g/mol. The van der Waals surface area contributed by atoms with Crippen molar-refractivity contribution in [3.8, 4) is 17.2 Å². The van der Waals surface area contributed by atoms with Gasteiger partial charge in [0.2, 0.25) is 5.75 Å². The first-order chi connectivity index (χ1) is 7.06. The summed E-state index contributed by atoms with van der Waals surface area (Å²) in [5.74, 6) is -0.174. The molecular weight excluding hydrogens is 200 g/mol. The van der Waals surface area contributed by atoms with Gasteiger partial charge in [0, 0.05) is 0 Å². The molecule has 1 aromatic carbocycles. The van der Waals surface area contributed by atoms with Crippen LogP contribution in [0.4, 0.5) is 4.79 Å². The maximum Gasteiger partial charge on any atom is 0.511 e. The zero-order valence-corrected chi connectivity index (χ0v) is 8.48. The van der Waals surface area contributed by atoms with Crippen LogP contribution in [0, 0.1) is 6.92 Å². The quantitative estimate of drug-likeness (QED) is 0.593. The molecule has 1 rings (SSSR count). The largest absolute Gasteiger partial charge is 0.511 e. The summed E-state index contributed by atoms with van der Waals surface area (Å²) in [4.78, 5) is 10.3. The molecule has 0 aliphatic carbocycles. The second-order valence-corrected chi connectivity index (χ2v) is 2.86. The minimum atomic E-state index is -1.48. The van der Waals surface area contributed by atoms with E-state index in [1.807, 2.05) is 0 Å². The van der Waals surface area contributed by atoms with Crippen molar-refractivity contribution < 1.29 is 24.5 Å². The van der Waals surface area contributed by atoms with E-state index in [1.54, 1.807) is 19.9 Å². The normalized spacial score (nSPS) is 9.73. The first-order valence-electron chi connectivity index (χ1n) is 4.42. The average Bonchev–Trinajstić information content (AvgIpc) is 2.16. The van der Waals surface area contributed by atoms with Gasteiger partial charge in [0.15, 0.2) is 11.5 Å². The number of aryl methyl sites for hydroxylation is 1. The number of carbonyl (C=O) groups is 1. The second-order valence-electron chi connectivity index (χ2n) is 2.86. The molecule has 0 aliphatic heterocycles. The number of ether oxygens (including phenoxy) is 2. The monoisotopic (exact) mass is 212 g/mol. The maximum atomic E-state index is 10.3. The van der Waals surface area contributed by atoms with Gasteiger partial charge in [0.1, 0.15) is 0 Å². The van der Waals surface area contributed by atoms with Gasteiger partial charge in [-0.3, -0.25) is 0 Å². The van der Waals surface area contributed by atoms with Crippen LogP contribution < -0.4 is 9.47 Å². The number of rotatable bonds is 3. The highest BCUT2D eigenvalue weighted by Gasteiger charge is 2.14. The van der Waals surface area contributed by atoms with Gasteiger partial charge in [0.25, 0.3) is 0 Å². The summed E-state index contributed by atoms with van der Waals surface area (Å²) in [5.41, 5.74) is 0.715. The molecule has 1 aromatic rings. The Balaban J connectivity index is 3.09. The van der Waals surface area contributed by atoms with Crippen molar-refractivity contribution >= 4 is 6.16 Å². The van der Waals surface area contributed by atoms with E-state index < -0.39 is 6.16 Å². The number of aromatic hydroxyl groups is 1. The molecule has 0 saturated heterocycles. The molecule has 0 radical (unpaired) electrons. The Morgan fingerprint density at radius 3 is 2.67 bits per heavy atom. The Hall–Kier alpha value is -1.91. The van der Waals surface area contributed by atoms with Crippen LogP contribution in [-0.2, 0) is 0 Å². The molecule has 0 aliphatic rings. The van der Waals surface area contributed by atoms with Crippen molar-refractivity contribution in [3.63, 3.8) is 0 Å². The van der Waals surface area contributed by atoms with Crippen LogP contribution in [0.2, 0.25) is 0 Å². The van der Waals surface area contributed by atoms with E-state index in [0.717, 1.165) is 0 Å². The third-order valence-electron chi connectivity index (χ3n) is 1.78. The lowest BCUT2D eigenvalue weighted by Gasteiger charge is -2.11. The van der Waals surface area contributed by atoms with Gasteiger partial charge in [-0.2, -0.15) is 0 Å². The summed E-state index contributed by atoms with van der Waals surface area (Å²) < 4.78 is 9.54. The van der Waals surface area contributed by atoms with Gasteiger partial charge in [-0.25, -0.2) is 4.79 Å². The lowest BCUT2D eigenvalue weighted by atomic mass is 10.2. The van der Waals surface area contributed by atoms with Crippen molar-refractivity contribution in [3.05, 3.63) is 17.7 Å². The lowest BCUT2D eigenvalue weighted by molar-refractivity contribution is 0.142. The zero-order chi connectivity index (χ0) is 11.4. The van der Waals surface area contributed by atoms with Crippen LogP contribution in [0.1, 0.15) is 12.5 Å². The smallest absolute Gasteiger partial charge is 0.502 e. The number of benzene rings is 1. The molecule has 15 heavy (non-hydrogen) atoms. The molecule has 82 valence electrons. The second kappa shape index (κ2) is 4.54. The molecule has 0 atom stereocenters. The summed E-state index contributed by atoms with van der Waals surface area (Å²) in [7, 11) is 0. The molecule has 0 spiro atoms. The Labute approximate surface area is 86.9 Å². The minimum absolute atomic E-state index is 0.128. The Morgan fingerprint density at radius 1 is 1.47 bits per heavy atom. The van der Waals surface area contributed by atoms with Crippen LogP contribution in [0.3, 0.4) is 0 Å². The van der Waals surface area contributed by atoms with E-state index in [9.17, 15) is 9.90 Å². The Kier molecular flexibility index (Phi) is 3.38. The molecule has 2 N–H and O–H groups in total. The van der Waals surface area contributed by atoms with Crippen LogP contribution in [0.15, 0.2) is 12.1 Å². The highest BCUT2D eigenvalue weighted by Crippen LogP contribution is 2.38. The van der Waals surface area contributed by atoms with Crippen molar-refractivity contribution in [1.29, 1.82) is 0 Å². The summed E-state index contributed by atoms with van der Waals surface area (Å²) in [6.45, 7) is 3.89. The van der Waals surface area contributed by atoms with Crippen molar-refractivity contribution in [2.75, 3.05) is 6.61 Å². The van der Waals surface area contributed by atoms with E-state index in [1.165, 1.54) is 6.07 Å². The van der Waals surface area contributed by atoms with E-state index in [4.69, 9.17) is 9.84 Å². The predicted molar refractivity (Wildman–Crippen MR) is 52.7 cm³/mol. The van der Waals surface area contributed by atoms with Crippen LogP contribution >= 0.6 is 0 Å². The molecule has 0 unspecified atom stereocenters. The fourth-order valence-electron chi connectivity index (χ4n) is 1.16. The number of phenolic OH excluding ortho intramolecular Hbond substituents is 1. The summed E-state index contributed by atoms with van der Waals surface area (Å²) >= 11 is 0. The van der Waals surface area contributed by atoms with E-state index in [0.29, 0.717) is 12.2 Å². The first-order valence-corrected chi connectivity index (χ1v) is 4.42. The van der Waals surface area contributed by atoms with Gasteiger partial charge >= 0.3 is 6.16 Å². The fourth-order valence-corrected chi connectivity index (χ4v) is 1.16. The highest BCUT2D eigenvalue weighted by atomic mass is 16.7. The maximum absolute atomic E-state index is 10.3. The van der Waals surface area contributed by atoms with Gasteiger partial charge in [-0.15, -0.1) is 0 Å². The summed E-state index contributed by atoms with van der Waals surface area (Å²) in [5, 5.41) is 18.0. The SMILES string of the molecule is CCOc1c(C)ccc(OC(=O)O)c1O. The van der Waals surface area contributed by atoms with Crippen LogP contribution in [0.5, 0.6) is 17.2 Å². The molecule has 0 saturated carbocycles. The van der Waals surface area contributed by atoms with Gasteiger partial charge < -0.3 is 19.7 Å². The number of hydrogen-bond acceptors (Lipinski definition) is 4. The van der Waals surface area contributed by atoms with Crippen LogP contribution in [0.25, 0.3) is 0 Å².